The minimum absolute atomic E-state index is 0.0597. The Morgan fingerprint density at radius 2 is 1.88 bits per heavy atom. The van der Waals surface area contributed by atoms with Crippen LogP contribution in [0.2, 0.25) is 0 Å². The molecule has 0 radical (unpaired) electrons. The maximum Gasteiger partial charge on any atom is 0.247 e. The maximum atomic E-state index is 11.7. The van der Waals surface area contributed by atoms with Gasteiger partial charge in [-0.05, 0) is 25.8 Å². The van der Waals surface area contributed by atoms with E-state index in [2.05, 4.69) is 10.6 Å². The van der Waals surface area contributed by atoms with Crippen LogP contribution in [0, 0.1) is 0 Å². The summed E-state index contributed by atoms with van der Waals surface area (Å²) in [6.45, 7) is 6.03. The van der Waals surface area contributed by atoms with Crippen molar-refractivity contribution in [3.8, 4) is 0 Å². The van der Waals surface area contributed by atoms with E-state index in [1.165, 1.54) is 11.0 Å². The number of nitrogens with one attached hydrogen (secondary N) is 2. The Labute approximate surface area is 150 Å². The van der Waals surface area contributed by atoms with E-state index in [0.717, 1.165) is 12.8 Å². The van der Waals surface area contributed by atoms with Gasteiger partial charge in [0.15, 0.2) is 0 Å². The first-order valence-corrected chi connectivity index (χ1v) is 9.00. The zero-order valence-electron chi connectivity index (χ0n) is 15.4. The van der Waals surface area contributed by atoms with Crippen LogP contribution in [0.1, 0.15) is 39.5 Å². The zero-order chi connectivity index (χ0) is 19.1. The highest BCUT2D eigenvalue weighted by atomic mass is 16.2. The number of hydrogen-bond acceptors (Lipinski definition) is 5. The lowest BCUT2D eigenvalue weighted by atomic mass is 10.1. The number of amides is 3. The summed E-state index contributed by atoms with van der Waals surface area (Å²) < 4.78 is 0. The van der Waals surface area contributed by atoms with E-state index in [1.54, 1.807) is 6.08 Å². The van der Waals surface area contributed by atoms with E-state index in [1.807, 2.05) is 13.8 Å². The van der Waals surface area contributed by atoms with E-state index in [9.17, 15) is 14.4 Å². The quantitative estimate of drug-likeness (QED) is 0.371. The van der Waals surface area contributed by atoms with Crippen LogP contribution in [0.4, 0.5) is 0 Å². The van der Waals surface area contributed by atoms with Crippen molar-refractivity contribution in [3.05, 3.63) is 12.2 Å². The van der Waals surface area contributed by atoms with Crippen LogP contribution >= 0.6 is 0 Å². The third-order valence-electron chi connectivity index (χ3n) is 3.51. The Balaban J connectivity index is 0.00000277. The molecule has 1 rings (SSSR count). The average molecular weight is 355 g/mol. The molecule has 0 aromatic rings. The number of nitrogens with two attached hydrogens (primary N) is 2. The lowest BCUT2D eigenvalue weighted by Gasteiger charge is -2.15. The van der Waals surface area contributed by atoms with Gasteiger partial charge < -0.3 is 27.0 Å². The van der Waals surface area contributed by atoms with Crippen molar-refractivity contribution >= 4 is 17.7 Å². The van der Waals surface area contributed by atoms with Gasteiger partial charge in [-0.25, -0.2) is 0 Å². The molecule has 25 heavy (non-hydrogen) atoms. The highest BCUT2D eigenvalue weighted by Crippen LogP contribution is 2.00. The molecular formula is C17H33N5O3. The molecule has 0 aliphatic carbocycles. The first kappa shape index (κ1) is 23.1. The number of carbonyl (C=O) groups is 3. The van der Waals surface area contributed by atoms with E-state index < -0.39 is 6.04 Å². The fourth-order valence-electron chi connectivity index (χ4n) is 2.15. The van der Waals surface area contributed by atoms with Crippen LogP contribution < -0.4 is 22.1 Å². The SMILES string of the molecule is CC.NCCCCC(N)C(=O)NCCCNC(=O)CN1CC=CC1=O. The molecule has 0 fully saturated rings. The van der Waals surface area contributed by atoms with Gasteiger partial charge in [-0.15, -0.1) is 0 Å². The monoisotopic (exact) mass is 355 g/mol. The Hall–Kier alpha value is -1.93. The molecule has 1 unspecified atom stereocenters. The van der Waals surface area contributed by atoms with Gasteiger partial charge in [-0.1, -0.05) is 26.3 Å². The first-order valence-electron chi connectivity index (χ1n) is 9.00. The first-order chi connectivity index (χ1) is 12.0. The molecular weight excluding hydrogens is 322 g/mol. The van der Waals surface area contributed by atoms with Crippen molar-refractivity contribution in [3.63, 3.8) is 0 Å². The predicted molar refractivity (Wildman–Crippen MR) is 98.6 cm³/mol. The van der Waals surface area contributed by atoms with Crippen LogP contribution in [0.15, 0.2) is 12.2 Å². The molecule has 3 amide bonds. The van der Waals surface area contributed by atoms with Gasteiger partial charge in [0.1, 0.15) is 6.54 Å². The van der Waals surface area contributed by atoms with Crippen LogP contribution in [0.3, 0.4) is 0 Å². The van der Waals surface area contributed by atoms with E-state index in [4.69, 9.17) is 11.5 Å². The fourth-order valence-corrected chi connectivity index (χ4v) is 2.15. The molecule has 0 aromatic heterocycles. The minimum atomic E-state index is -0.509. The fraction of sp³-hybridized carbons (Fsp3) is 0.706. The summed E-state index contributed by atoms with van der Waals surface area (Å²) in [6.07, 6.45) is 6.12. The lowest BCUT2D eigenvalue weighted by molar-refractivity contribution is -0.131. The molecule has 0 aromatic carbocycles. The standard InChI is InChI=1S/C15H27N5O3.C2H6/c16-7-2-1-5-12(17)15(23)19-9-4-8-18-13(21)11-20-10-3-6-14(20)22;1-2/h3,6,12H,1-2,4-5,7-11,16-17H2,(H,18,21)(H,19,23);1-2H3. The van der Waals surface area contributed by atoms with E-state index in [0.29, 0.717) is 39.0 Å². The van der Waals surface area contributed by atoms with Gasteiger partial charge in [0.25, 0.3) is 0 Å². The second-order valence-corrected chi connectivity index (χ2v) is 5.51. The average Bonchev–Trinajstić information content (AvgIpc) is 3.01. The summed E-state index contributed by atoms with van der Waals surface area (Å²) in [6, 6.07) is -0.509. The molecule has 0 spiro atoms. The summed E-state index contributed by atoms with van der Waals surface area (Å²) in [5.74, 6) is -0.523. The van der Waals surface area contributed by atoms with Crippen molar-refractivity contribution in [2.24, 2.45) is 11.5 Å². The van der Waals surface area contributed by atoms with Gasteiger partial charge in [0.05, 0.1) is 6.04 Å². The van der Waals surface area contributed by atoms with Crippen molar-refractivity contribution in [2.45, 2.75) is 45.6 Å². The van der Waals surface area contributed by atoms with Crippen molar-refractivity contribution < 1.29 is 14.4 Å². The molecule has 8 heteroatoms. The topological polar surface area (TPSA) is 131 Å². The Kier molecular flexibility index (Phi) is 13.3. The molecule has 8 nitrogen and oxygen atoms in total. The lowest BCUT2D eigenvalue weighted by Crippen LogP contribution is -2.42. The Bertz CT molecular complexity index is 440. The van der Waals surface area contributed by atoms with Crippen LogP contribution in [0.25, 0.3) is 0 Å². The molecule has 0 saturated heterocycles. The van der Waals surface area contributed by atoms with Crippen molar-refractivity contribution in [1.29, 1.82) is 0 Å². The number of hydrogen-bond donors (Lipinski definition) is 4. The van der Waals surface area contributed by atoms with Crippen molar-refractivity contribution in [1.82, 2.24) is 15.5 Å². The highest BCUT2D eigenvalue weighted by molar-refractivity contribution is 5.93. The largest absolute Gasteiger partial charge is 0.355 e. The van der Waals surface area contributed by atoms with Gasteiger partial charge in [-0.2, -0.15) is 0 Å². The Morgan fingerprint density at radius 3 is 2.48 bits per heavy atom. The summed E-state index contributed by atoms with van der Waals surface area (Å²) in [7, 11) is 0. The van der Waals surface area contributed by atoms with Gasteiger partial charge in [0, 0.05) is 25.7 Å². The third kappa shape index (κ3) is 10.5. The molecule has 1 atom stereocenters. The minimum Gasteiger partial charge on any atom is -0.355 e. The Morgan fingerprint density at radius 1 is 1.20 bits per heavy atom. The van der Waals surface area contributed by atoms with E-state index in [-0.39, 0.29) is 24.3 Å². The normalized spacial score (nSPS) is 13.9. The van der Waals surface area contributed by atoms with Gasteiger partial charge in [0.2, 0.25) is 17.7 Å². The predicted octanol–water partition coefficient (Wildman–Crippen LogP) is -0.510. The van der Waals surface area contributed by atoms with Crippen LogP contribution in [0.5, 0.6) is 0 Å². The van der Waals surface area contributed by atoms with Crippen LogP contribution in [-0.4, -0.2) is 61.4 Å². The van der Waals surface area contributed by atoms with Crippen LogP contribution in [-0.2, 0) is 14.4 Å². The molecule has 144 valence electrons. The summed E-state index contributed by atoms with van der Waals surface area (Å²) in [5, 5.41) is 5.46. The second kappa shape index (κ2) is 14.4. The molecule has 0 bridgehead atoms. The van der Waals surface area contributed by atoms with Crippen molar-refractivity contribution in [2.75, 3.05) is 32.7 Å². The maximum absolute atomic E-state index is 11.7. The molecule has 1 aliphatic rings. The molecule has 0 saturated carbocycles. The van der Waals surface area contributed by atoms with E-state index >= 15 is 0 Å². The summed E-state index contributed by atoms with van der Waals surface area (Å²) in [5.41, 5.74) is 11.1. The molecule has 1 aliphatic heterocycles. The number of rotatable bonds is 11. The third-order valence-corrected chi connectivity index (χ3v) is 3.51. The summed E-state index contributed by atoms with van der Waals surface area (Å²) in [4.78, 5) is 36.1. The second-order valence-electron chi connectivity index (χ2n) is 5.51. The number of unbranched alkanes of at least 4 members (excludes halogenated alkanes) is 1. The zero-order valence-corrected chi connectivity index (χ0v) is 15.4. The smallest absolute Gasteiger partial charge is 0.247 e. The summed E-state index contributed by atoms with van der Waals surface area (Å²) >= 11 is 0. The highest BCUT2D eigenvalue weighted by Gasteiger charge is 2.17. The number of nitrogens with zero attached hydrogens (tertiary/aromatic N) is 1. The van der Waals surface area contributed by atoms with Gasteiger partial charge >= 0.3 is 0 Å². The molecule has 1 heterocycles. The number of carbonyl (C=O) groups excluding carboxylic acids is 3. The van der Waals surface area contributed by atoms with Gasteiger partial charge in [-0.3, -0.25) is 14.4 Å². The molecule has 6 N–H and O–H groups in total.